The predicted octanol–water partition coefficient (Wildman–Crippen LogP) is 2.19. The number of allylic oxidation sites excluding steroid dienone is 2. The Balaban J connectivity index is 2.19. The number of unbranched alkanes of at least 4 members (excludes halogenated alkanes) is 1. The van der Waals surface area contributed by atoms with Crippen molar-refractivity contribution in [1.82, 2.24) is 5.32 Å². The second-order valence-electron chi connectivity index (χ2n) is 2.27. The van der Waals surface area contributed by atoms with E-state index < -0.39 is 0 Å². The molecule has 1 nitrogen and oxygen atoms in total. The first-order valence-electron chi connectivity index (χ1n) is 3.49. The molecular formula is C8H12N. The molecule has 0 saturated heterocycles. The van der Waals surface area contributed by atoms with Gasteiger partial charge < -0.3 is 0 Å². The topological polar surface area (TPSA) is 14.1 Å². The van der Waals surface area contributed by atoms with Gasteiger partial charge in [-0.3, -0.25) is 5.32 Å². The molecule has 0 bridgehead atoms. The average molecular weight is 122 g/mol. The summed E-state index contributed by atoms with van der Waals surface area (Å²) in [6.45, 7) is 2.20. The fraction of sp³-hybridized carbons (Fsp3) is 0.500. The zero-order chi connectivity index (χ0) is 6.53. The largest absolute Gasteiger partial charge is 0.264 e. The van der Waals surface area contributed by atoms with Crippen molar-refractivity contribution in [3.63, 3.8) is 0 Å². The fourth-order valence-electron chi connectivity index (χ4n) is 0.849. The number of hydrogen-bond acceptors (Lipinski definition) is 0. The smallest absolute Gasteiger partial charge is 0.0300 e. The summed E-state index contributed by atoms with van der Waals surface area (Å²) >= 11 is 0. The van der Waals surface area contributed by atoms with Crippen LogP contribution < -0.4 is 5.32 Å². The predicted molar refractivity (Wildman–Crippen MR) is 38.9 cm³/mol. The van der Waals surface area contributed by atoms with Crippen LogP contribution in [0.5, 0.6) is 0 Å². The maximum atomic E-state index is 3.98. The molecule has 0 saturated carbocycles. The van der Waals surface area contributed by atoms with Crippen LogP contribution in [0.15, 0.2) is 24.0 Å². The van der Waals surface area contributed by atoms with Gasteiger partial charge in [-0.25, -0.2) is 0 Å². The Morgan fingerprint density at radius 2 is 2.44 bits per heavy atom. The van der Waals surface area contributed by atoms with Gasteiger partial charge in [0.25, 0.3) is 0 Å². The normalized spacial score (nSPS) is 15.4. The van der Waals surface area contributed by atoms with E-state index in [2.05, 4.69) is 18.3 Å². The van der Waals surface area contributed by atoms with E-state index in [1.165, 1.54) is 24.8 Å². The second kappa shape index (κ2) is 3.33. The molecule has 1 radical (unpaired) electrons. The molecule has 1 rings (SSSR count). The van der Waals surface area contributed by atoms with Crippen LogP contribution in [0.4, 0.5) is 0 Å². The van der Waals surface area contributed by atoms with Crippen LogP contribution in [-0.2, 0) is 0 Å². The lowest BCUT2D eigenvalue weighted by atomic mass is 10.1. The summed E-state index contributed by atoms with van der Waals surface area (Å²) < 4.78 is 0. The van der Waals surface area contributed by atoms with Gasteiger partial charge in [-0.1, -0.05) is 13.3 Å². The Morgan fingerprint density at radius 1 is 1.56 bits per heavy atom. The Hall–Kier alpha value is -0.720. The molecule has 0 aromatic carbocycles. The van der Waals surface area contributed by atoms with Gasteiger partial charge in [0, 0.05) is 12.4 Å². The molecule has 0 atom stereocenters. The van der Waals surface area contributed by atoms with E-state index in [1.54, 1.807) is 0 Å². The first kappa shape index (κ1) is 6.40. The first-order valence-corrected chi connectivity index (χ1v) is 3.49. The van der Waals surface area contributed by atoms with E-state index in [4.69, 9.17) is 0 Å². The van der Waals surface area contributed by atoms with Crippen molar-refractivity contribution in [3.8, 4) is 0 Å². The van der Waals surface area contributed by atoms with Gasteiger partial charge in [-0.15, -0.1) is 0 Å². The maximum Gasteiger partial charge on any atom is 0.0300 e. The lowest BCUT2D eigenvalue weighted by molar-refractivity contribution is 0.797. The monoisotopic (exact) mass is 122 g/mol. The van der Waals surface area contributed by atoms with Gasteiger partial charge in [-0.05, 0) is 24.5 Å². The quantitative estimate of drug-likeness (QED) is 0.544. The minimum Gasteiger partial charge on any atom is -0.264 e. The maximum absolute atomic E-state index is 3.98. The number of hydrogen-bond donors (Lipinski definition) is 0. The molecule has 1 aliphatic rings. The highest BCUT2D eigenvalue weighted by molar-refractivity contribution is 5.23. The Kier molecular flexibility index (Phi) is 2.37. The Morgan fingerprint density at radius 3 is 3.00 bits per heavy atom. The summed E-state index contributed by atoms with van der Waals surface area (Å²) in [5.41, 5.74) is 1.37. The van der Waals surface area contributed by atoms with Crippen LogP contribution in [0.1, 0.15) is 26.2 Å². The fourth-order valence-corrected chi connectivity index (χ4v) is 0.849. The highest BCUT2D eigenvalue weighted by Crippen LogP contribution is 2.10. The summed E-state index contributed by atoms with van der Waals surface area (Å²) in [6, 6.07) is 0. The summed E-state index contributed by atoms with van der Waals surface area (Å²) in [6.07, 6.45) is 9.61. The van der Waals surface area contributed by atoms with E-state index >= 15 is 0 Å². The van der Waals surface area contributed by atoms with Gasteiger partial charge in [0.15, 0.2) is 0 Å². The van der Waals surface area contributed by atoms with Crippen molar-refractivity contribution < 1.29 is 0 Å². The van der Waals surface area contributed by atoms with Crippen LogP contribution >= 0.6 is 0 Å². The van der Waals surface area contributed by atoms with Crippen molar-refractivity contribution in [2.75, 3.05) is 0 Å². The average Bonchev–Trinajstić information content (AvgIpc) is 2.34. The third-order valence-corrected chi connectivity index (χ3v) is 1.43. The number of nitrogens with zero attached hydrogens (tertiary/aromatic N) is 1. The minimum atomic E-state index is 1.19. The van der Waals surface area contributed by atoms with Gasteiger partial charge >= 0.3 is 0 Å². The summed E-state index contributed by atoms with van der Waals surface area (Å²) in [7, 11) is 0. The van der Waals surface area contributed by atoms with Crippen LogP contribution in [0.2, 0.25) is 0 Å². The summed E-state index contributed by atoms with van der Waals surface area (Å²) in [5, 5.41) is 3.98. The van der Waals surface area contributed by atoms with Gasteiger partial charge in [0.1, 0.15) is 0 Å². The summed E-state index contributed by atoms with van der Waals surface area (Å²) in [4.78, 5) is 0. The highest BCUT2D eigenvalue weighted by atomic mass is 14.8. The van der Waals surface area contributed by atoms with Gasteiger partial charge in [0.05, 0.1) is 0 Å². The Labute approximate surface area is 56.5 Å². The van der Waals surface area contributed by atoms with Crippen molar-refractivity contribution in [2.24, 2.45) is 0 Å². The van der Waals surface area contributed by atoms with E-state index in [9.17, 15) is 0 Å². The minimum absolute atomic E-state index is 1.19. The van der Waals surface area contributed by atoms with Gasteiger partial charge in [0.2, 0.25) is 0 Å². The molecule has 0 unspecified atom stereocenters. The Bertz CT molecular complexity index is 134. The third-order valence-electron chi connectivity index (χ3n) is 1.43. The molecule has 49 valence electrons. The molecule has 9 heavy (non-hydrogen) atoms. The van der Waals surface area contributed by atoms with Crippen LogP contribution in [0.3, 0.4) is 0 Å². The van der Waals surface area contributed by atoms with Crippen LogP contribution in [-0.4, -0.2) is 0 Å². The van der Waals surface area contributed by atoms with Crippen molar-refractivity contribution in [2.45, 2.75) is 26.2 Å². The lowest BCUT2D eigenvalue weighted by Gasteiger charge is -1.92. The first-order chi connectivity index (χ1) is 4.43. The third kappa shape index (κ3) is 1.92. The molecule has 0 aliphatic carbocycles. The summed E-state index contributed by atoms with van der Waals surface area (Å²) in [5.74, 6) is 0. The molecule has 1 aliphatic heterocycles. The number of rotatable bonds is 3. The lowest BCUT2D eigenvalue weighted by Crippen LogP contribution is -1.77. The molecule has 1 heterocycles. The molecule has 0 aromatic heterocycles. The van der Waals surface area contributed by atoms with Crippen LogP contribution in [0.25, 0.3) is 0 Å². The molecule has 1 heteroatoms. The van der Waals surface area contributed by atoms with E-state index in [0.717, 1.165) is 0 Å². The zero-order valence-corrected chi connectivity index (χ0v) is 5.80. The highest BCUT2D eigenvalue weighted by Gasteiger charge is 1.95. The zero-order valence-electron chi connectivity index (χ0n) is 5.80. The van der Waals surface area contributed by atoms with Crippen molar-refractivity contribution in [3.05, 3.63) is 24.0 Å². The molecule has 0 spiro atoms. The standard InChI is InChI=1S/C8H12N/c1-2-3-4-8-5-6-9-7-8/h5-7H,2-4H2,1H3. The SMILES string of the molecule is CCCCC1=C[N]C=C1. The van der Waals surface area contributed by atoms with E-state index in [1.807, 2.05) is 12.4 Å². The molecule has 0 N–H and O–H groups in total. The molecular weight excluding hydrogens is 110 g/mol. The second-order valence-corrected chi connectivity index (χ2v) is 2.27. The van der Waals surface area contributed by atoms with E-state index in [-0.39, 0.29) is 0 Å². The van der Waals surface area contributed by atoms with Crippen molar-refractivity contribution in [1.29, 1.82) is 0 Å². The van der Waals surface area contributed by atoms with Gasteiger partial charge in [-0.2, -0.15) is 0 Å². The van der Waals surface area contributed by atoms with E-state index in [0.29, 0.717) is 0 Å². The van der Waals surface area contributed by atoms with Crippen molar-refractivity contribution >= 4 is 0 Å². The molecule has 0 fully saturated rings. The van der Waals surface area contributed by atoms with Crippen LogP contribution in [0, 0.1) is 0 Å². The molecule has 0 amide bonds. The molecule has 0 aromatic rings.